The largest absolute Gasteiger partial charge is 0.494 e. The molecule has 4 rings (SSSR count). The van der Waals surface area contributed by atoms with Gasteiger partial charge in [-0.05, 0) is 93.9 Å². The van der Waals surface area contributed by atoms with Gasteiger partial charge in [0.25, 0.3) is 0 Å². The molecule has 0 saturated carbocycles. The minimum atomic E-state index is 0.553. The third-order valence-corrected chi connectivity index (χ3v) is 7.10. The molecule has 2 aromatic carbocycles. The lowest BCUT2D eigenvalue weighted by molar-refractivity contribution is 0.256. The van der Waals surface area contributed by atoms with E-state index in [0.717, 1.165) is 42.3 Å². The van der Waals surface area contributed by atoms with Crippen LogP contribution in [-0.4, -0.2) is 53.7 Å². The summed E-state index contributed by atoms with van der Waals surface area (Å²) in [6.07, 6.45) is 8.75. The molecule has 6 nitrogen and oxygen atoms in total. The number of ether oxygens (including phenoxy) is 2. The standard InChI is InChI=1S/C28H37N3O3S/c1-2-7-18-31(17-6-1)19-8-9-20-32-26-15-13-24(14-16-26)28-30-29-27(34-28)23-35-22-10-21-33-25-11-4-3-5-12-25/h3-5,11-16H,1-2,6-10,17-23H2. The predicted molar refractivity (Wildman–Crippen MR) is 142 cm³/mol. The number of thioether (sulfide) groups is 1. The normalized spacial score (nSPS) is 14.5. The maximum atomic E-state index is 5.93. The molecule has 1 aliphatic rings. The summed E-state index contributed by atoms with van der Waals surface area (Å²) >= 11 is 1.78. The average Bonchev–Trinajstić information content (AvgIpc) is 3.22. The van der Waals surface area contributed by atoms with Gasteiger partial charge < -0.3 is 18.8 Å². The molecule has 35 heavy (non-hydrogen) atoms. The van der Waals surface area contributed by atoms with Crippen LogP contribution in [0, 0.1) is 0 Å². The van der Waals surface area contributed by atoms with E-state index in [0.29, 0.717) is 24.1 Å². The van der Waals surface area contributed by atoms with Crippen molar-refractivity contribution in [3.05, 3.63) is 60.5 Å². The van der Waals surface area contributed by atoms with Crippen molar-refractivity contribution in [2.24, 2.45) is 0 Å². The van der Waals surface area contributed by atoms with E-state index in [2.05, 4.69) is 15.1 Å². The molecule has 1 saturated heterocycles. The Kier molecular flexibility index (Phi) is 10.8. The lowest BCUT2D eigenvalue weighted by atomic mass is 10.2. The van der Waals surface area contributed by atoms with Crippen molar-refractivity contribution in [1.29, 1.82) is 0 Å². The number of rotatable bonds is 14. The van der Waals surface area contributed by atoms with Crippen LogP contribution in [0.2, 0.25) is 0 Å². The summed E-state index contributed by atoms with van der Waals surface area (Å²) in [6.45, 7) is 5.19. The molecule has 0 amide bonds. The summed E-state index contributed by atoms with van der Waals surface area (Å²) < 4.78 is 17.5. The molecular formula is C28H37N3O3S. The minimum absolute atomic E-state index is 0.553. The van der Waals surface area contributed by atoms with E-state index in [-0.39, 0.29) is 0 Å². The van der Waals surface area contributed by atoms with Crippen LogP contribution in [-0.2, 0) is 5.75 Å². The van der Waals surface area contributed by atoms with E-state index in [1.54, 1.807) is 11.8 Å². The second-order valence-corrected chi connectivity index (χ2v) is 10.0. The highest BCUT2D eigenvalue weighted by atomic mass is 32.2. The predicted octanol–water partition coefficient (Wildman–Crippen LogP) is 6.47. The number of unbranched alkanes of at least 4 members (excludes halogenated alkanes) is 1. The lowest BCUT2D eigenvalue weighted by Crippen LogP contribution is -2.25. The van der Waals surface area contributed by atoms with Gasteiger partial charge in [0.2, 0.25) is 11.8 Å². The third kappa shape index (κ3) is 9.22. The Bertz CT molecular complexity index is 957. The zero-order valence-corrected chi connectivity index (χ0v) is 21.4. The molecule has 0 unspecified atom stereocenters. The Morgan fingerprint density at radius 2 is 1.49 bits per heavy atom. The fourth-order valence-corrected chi connectivity index (χ4v) is 4.89. The Morgan fingerprint density at radius 3 is 2.26 bits per heavy atom. The number of para-hydroxylation sites is 1. The molecule has 0 N–H and O–H groups in total. The van der Waals surface area contributed by atoms with Crippen LogP contribution in [0.5, 0.6) is 11.5 Å². The maximum absolute atomic E-state index is 5.93. The topological polar surface area (TPSA) is 60.6 Å². The molecule has 1 fully saturated rings. The van der Waals surface area contributed by atoms with E-state index in [9.17, 15) is 0 Å². The van der Waals surface area contributed by atoms with Crippen LogP contribution in [0.3, 0.4) is 0 Å². The fraction of sp³-hybridized carbons (Fsp3) is 0.500. The monoisotopic (exact) mass is 495 g/mol. The first kappa shape index (κ1) is 25.6. The van der Waals surface area contributed by atoms with E-state index in [1.165, 1.54) is 51.7 Å². The molecule has 1 aromatic heterocycles. The summed E-state index contributed by atoms with van der Waals surface area (Å²) in [5.74, 6) is 4.69. The summed E-state index contributed by atoms with van der Waals surface area (Å²) in [7, 11) is 0. The van der Waals surface area contributed by atoms with Gasteiger partial charge in [-0.15, -0.1) is 10.2 Å². The summed E-state index contributed by atoms with van der Waals surface area (Å²) in [5.41, 5.74) is 0.915. The Labute approximate surface area is 213 Å². The maximum Gasteiger partial charge on any atom is 0.247 e. The minimum Gasteiger partial charge on any atom is -0.494 e. The van der Waals surface area contributed by atoms with Crippen molar-refractivity contribution in [3.8, 4) is 23.0 Å². The van der Waals surface area contributed by atoms with Crippen molar-refractivity contribution >= 4 is 11.8 Å². The van der Waals surface area contributed by atoms with Gasteiger partial charge >= 0.3 is 0 Å². The summed E-state index contributed by atoms with van der Waals surface area (Å²) in [5, 5.41) is 8.40. The van der Waals surface area contributed by atoms with E-state index >= 15 is 0 Å². The van der Waals surface area contributed by atoms with Crippen molar-refractivity contribution in [1.82, 2.24) is 15.1 Å². The quantitative estimate of drug-likeness (QED) is 0.237. The van der Waals surface area contributed by atoms with Gasteiger partial charge in [0.15, 0.2) is 0 Å². The second-order valence-electron chi connectivity index (χ2n) is 8.90. The number of aromatic nitrogens is 2. The Morgan fingerprint density at radius 1 is 0.771 bits per heavy atom. The van der Waals surface area contributed by atoms with Crippen molar-refractivity contribution in [2.45, 2.75) is 50.7 Å². The van der Waals surface area contributed by atoms with E-state index in [4.69, 9.17) is 13.9 Å². The molecule has 188 valence electrons. The van der Waals surface area contributed by atoms with Crippen molar-refractivity contribution < 1.29 is 13.9 Å². The second kappa shape index (κ2) is 14.8. The van der Waals surface area contributed by atoms with Crippen LogP contribution >= 0.6 is 11.8 Å². The highest BCUT2D eigenvalue weighted by Crippen LogP contribution is 2.23. The molecule has 1 aliphatic heterocycles. The number of likely N-dealkylation sites (tertiary alicyclic amines) is 1. The number of nitrogens with zero attached hydrogens (tertiary/aromatic N) is 3. The lowest BCUT2D eigenvalue weighted by Gasteiger charge is -2.19. The van der Waals surface area contributed by atoms with E-state index in [1.807, 2.05) is 54.6 Å². The van der Waals surface area contributed by atoms with Gasteiger partial charge in [-0.3, -0.25) is 0 Å². The average molecular weight is 496 g/mol. The molecule has 3 aromatic rings. The molecule has 0 aliphatic carbocycles. The van der Waals surface area contributed by atoms with E-state index < -0.39 is 0 Å². The van der Waals surface area contributed by atoms with Gasteiger partial charge in [-0.1, -0.05) is 31.0 Å². The Hall–Kier alpha value is -2.51. The van der Waals surface area contributed by atoms with Crippen LogP contribution < -0.4 is 9.47 Å². The molecule has 0 radical (unpaired) electrons. The van der Waals surface area contributed by atoms with Gasteiger partial charge in [0.05, 0.1) is 19.0 Å². The number of benzene rings is 2. The zero-order chi connectivity index (χ0) is 24.0. The first-order chi connectivity index (χ1) is 17.4. The highest BCUT2D eigenvalue weighted by molar-refractivity contribution is 7.98. The van der Waals surface area contributed by atoms with Crippen molar-refractivity contribution in [2.75, 3.05) is 38.6 Å². The van der Waals surface area contributed by atoms with Crippen LogP contribution in [0.25, 0.3) is 11.5 Å². The first-order valence-corrected chi connectivity index (χ1v) is 14.1. The molecular weight excluding hydrogens is 458 g/mol. The molecule has 0 spiro atoms. The SMILES string of the molecule is c1ccc(OCCCSCc2nnc(-c3ccc(OCCCCN4CCCCCC4)cc3)o2)cc1. The molecule has 0 bridgehead atoms. The molecule has 2 heterocycles. The smallest absolute Gasteiger partial charge is 0.247 e. The zero-order valence-electron chi connectivity index (χ0n) is 20.6. The van der Waals surface area contributed by atoms with Crippen LogP contribution in [0.1, 0.15) is 50.8 Å². The Balaban J connectivity index is 1.09. The summed E-state index contributed by atoms with van der Waals surface area (Å²) in [6, 6.07) is 17.8. The van der Waals surface area contributed by atoms with Crippen molar-refractivity contribution in [3.63, 3.8) is 0 Å². The van der Waals surface area contributed by atoms with Gasteiger partial charge in [0.1, 0.15) is 11.5 Å². The van der Waals surface area contributed by atoms with Gasteiger partial charge in [-0.25, -0.2) is 0 Å². The first-order valence-electron chi connectivity index (χ1n) is 12.9. The molecule has 7 heteroatoms. The third-order valence-electron chi connectivity index (χ3n) is 6.07. The number of hydrogen-bond donors (Lipinski definition) is 0. The van der Waals surface area contributed by atoms with Gasteiger partial charge in [0, 0.05) is 5.56 Å². The highest BCUT2D eigenvalue weighted by Gasteiger charge is 2.10. The molecule has 0 atom stereocenters. The number of hydrogen-bond acceptors (Lipinski definition) is 7. The van der Waals surface area contributed by atoms with Crippen LogP contribution in [0.4, 0.5) is 0 Å². The summed E-state index contributed by atoms with van der Waals surface area (Å²) in [4.78, 5) is 2.61. The fourth-order valence-electron chi connectivity index (χ4n) is 4.14. The van der Waals surface area contributed by atoms with Crippen LogP contribution in [0.15, 0.2) is 59.0 Å². The van der Waals surface area contributed by atoms with Gasteiger partial charge in [-0.2, -0.15) is 11.8 Å².